The molecule has 0 amide bonds. The van der Waals surface area contributed by atoms with Crippen LogP contribution in [-0.4, -0.2) is 0 Å². The molecule has 2 aromatic carbocycles. The second-order valence-corrected chi connectivity index (χ2v) is 3.42. The van der Waals surface area contributed by atoms with E-state index >= 15 is 0 Å². The minimum absolute atomic E-state index is 1.19. The molecule has 0 fully saturated rings. The Morgan fingerprint density at radius 1 is 0.786 bits per heavy atom. The van der Waals surface area contributed by atoms with Crippen LogP contribution in [0.25, 0.3) is 11.1 Å². The molecule has 2 radical (unpaired) electrons. The summed E-state index contributed by atoms with van der Waals surface area (Å²) >= 11 is 0. The summed E-state index contributed by atoms with van der Waals surface area (Å²) in [7, 11) is 0. The third-order valence-corrected chi connectivity index (χ3v) is 2.42. The van der Waals surface area contributed by atoms with Gasteiger partial charge in [-0.3, -0.25) is 0 Å². The molecule has 68 valence electrons. The van der Waals surface area contributed by atoms with E-state index in [0.29, 0.717) is 0 Å². The van der Waals surface area contributed by atoms with E-state index in [1.807, 2.05) is 24.3 Å². The highest BCUT2D eigenvalue weighted by atomic mass is 14.1. The van der Waals surface area contributed by atoms with Crippen LogP contribution in [0.15, 0.2) is 36.4 Å². The molecule has 0 spiro atoms. The van der Waals surface area contributed by atoms with Gasteiger partial charge in [-0.1, -0.05) is 36.4 Å². The smallest absolute Gasteiger partial charge is 0.0146 e. The first kappa shape index (κ1) is 9.01. The molecule has 14 heavy (non-hydrogen) atoms. The molecule has 2 aromatic rings. The van der Waals surface area contributed by atoms with Crippen molar-refractivity contribution in [3.8, 4) is 11.1 Å². The van der Waals surface area contributed by atoms with Crippen LogP contribution in [0.3, 0.4) is 0 Å². The van der Waals surface area contributed by atoms with Crippen molar-refractivity contribution < 1.29 is 0 Å². The number of hydrogen-bond donors (Lipinski definition) is 0. The summed E-state index contributed by atoms with van der Waals surface area (Å²) < 4.78 is 0. The Balaban J connectivity index is 2.61. The number of benzene rings is 2. The molecule has 0 saturated carbocycles. The van der Waals surface area contributed by atoms with E-state index in [-0.39, 0.29) is 0 Å². The van der Waals surface area contributed by atoms with E-state index in [0.717, 1.165) is 0 Å². The summed E-state index contributed by atoms with van der Waals surface area (Å²) in [5.41, 5.74) is 4.88. The fourth-order valence-corrected chi connectivity index (χ4v) is 1.62. The summed E-state index contributed by atoms with van der Waals surface area (Å²) in [6.45, 7) is 4.17. The zero-order valence-electron chi connectivity index (χ0n) is 8.46. The van der Waals surface area contributed by atoms with E-state index in [4.69, 9.17) is 0 Å². The average molecular weight is 180 g/mol. The average Bonchev–Trinajstić information content (AvgIpc) is 2.20. The van der Waals surface area contributed by atoms with Gasteiger partial charge in [0.2, 0.25) is 0 Å². The second-order valence-electron chi connectivity index (χ2n) is 3.42. The van der Waals surface area contributed by atoms with E-state index in [1.165, 1.54) is 22.3 Å². The van der Waals surface area contributed by atoms with Crippen molar-refractivity contribution in [1.82, 2.24) is 0 Å². The molecule has 0 bridgehead atoms. The monoisotopic (exact) mass is 180 g/mol. The lowest BCUT2D eigenvalue weighted by atomic mass is 9.97. The molecule has 0 aromatic heterocycles. The van der Waals surface area contributed by atoms with Gasteiger partial charge in [0, 0.05) is 0 Å². The predicted octanol–water partition coefficient (Wildman–Crippen LogP) is 3.57. The molecule has 0 nitrogen and oxygen atoms in total. The molecular weight excluding hydrogens is 168 g/mol. The lowest BCUT2D eigenvalue weighted by Gasteiger charge is -2.07. The molecule has 0 aliphatic heterocycles. The van der Waals surface area contributed by atoms with Crippen molar-refractivity contribution in [3.05, 3.63) is 59.7 Å². The Morgan fingerprint density at radius 2 is 1.21 bits per heavy atom. The van der Waals surface area contributed by atoms with Gasteiger partial charge in [-0.25, -0.2) is 0 Å². The van der Waals surface area contributed by atoms with Crippen molar-refractivity contribution in [3.63, 3.8) is 0 Å². The van der Waals surface area contributed by atoms with Gasteiger partial charge in [-0.2, -0.15) is 0 Å². The van der Waals surface area contributed by atoms with Crippen molar-refractivity contribution in [2.24, 2.45) is 0 Å². The molecule has 0 unspecified atom stereocenters. The first-order chi connectivity index (χ1) is 6.79. The van der Waals surface area contributed by atoms with Crippen molar-refractivity contribution in [2.45, 2.75) is 13.8 Å². The van der Waals surface area contributed by atoms with Crippen LogP contribution in [0.4, 0.5) is 0 Å². The minimum atomic E-state index is 1.19. The lowest BCUT2D eigenvalue weighted by molar-refractivity contribution is 1.40. The van der Waals surface area contributed by atoms with Crippen LogP contribution in [-0.2, 0) is 0 Å². The molecule has 0 aliphatic rings. The summed E-state index contributed by atoms with van der Waals surface area (Å²) in [5.74, 6) is 0. The molecule has 0 heteroatoms. The van der Waals surface area contributed by atoms with Gasteiger partial charge < -0.3 is 0 Å². The molecule has 2 rings (SSSR count). The maximum absolute atomic E-state index is 3.21. The highest BCUT2D eigenvalue weighted by Crippen LogP contribution is 2.25. The Morgan fingerprint density at radius 3 is 1.57 bits per heavy atom. The lowest BCUT2D eigenvalue weighted by Crippen LogP contribution is -1.85. The van der Waals surface area contributed by atoms with E-state index in [2.05, 4.69) is 38.1 Å². The standard InChI is InChI=1S/C14H12/c1-11-7-3-5-9-13(11)14-10-6-4-8-12(14)2/h3-6,9-10H,1-2H3. The van der Waals surface area contributed by atoms with E-state index < -0.39 is 0 Å². The quantitative estimate of drug-likeness (QED) is 0.629. The Hall–Kier alpha value is -1.56. The number of aryl methyl sites for hydroxylation is 2. The Kier molecular flexibility index (Phi) is 2.36. The summed E-state index contributed by atoms with van der Waals surface area (Å²) in [6, 6.07) is 18.6. The van der Waals surface area contributed by atoms with Gasteiger partial charge in [0.15, 0.2) is 0 Å². The third-order valence-electron chi connectivity index (χ3n) is 2.42. The molecule has 0 N–H and O–H groups in total. The van der Waals surface area contributed by atoms with Crippen molar-refractivity contribution >= 4 is 0 Å². The maximum atomic E-state index is 3.21. The van der Waals surface area contributed by atoms with Gasteiger partial charge in [-0.15, -0.1) is 0 Å². The SMILES string of the molecule is Cc1[c]cccc1-c1ccc[c]c1C. The topological polar surface area (TPSA) is 0 Å². The molecule has 0 aliphatic carbocycles. The number of hydrogen-bond acceptors (Lipinski definition) is 0. The Bertz CT molecular complexity index is 398. The Labute approximate surface area is 85.2 Å². The van der Waals surface area contributed by atoms with E-state index in [9.17, 15) is 0 Å². The van der Waals surface area contributed by atoms with E-state index in [1.54, 1.807) is 0 Å². The summed E-state index contributed by atoms with van der Waals surface area (Å²) in [4.78, 5) is 0. The van der Waals surface area contributed by atoms with Gasteiger partial charge >= 0.3 is 0 Å². The van der Waals surface area contributed by atoms with Crippen LogP contribution in [0.2, 0.25) is 0 Å². The third kappa shape index (κ3) is 1.56. The van der Waals surface area contributed by atoms with Gasteiger partial charge in [0.1, 0.15) is 0 Å². The zero-order valence-corrected chi connectivity index (χ0v) is 8.46. The molecular formula is C14H12. The first-order valence-electron chi connectivity index (χ1n) is 4.74. The van der Waals surface area contributed by atoms with Crippen molar-refractivity contribution in [2.75, 3.05) is 0 Å². The summed E-state index contributed by atoms with van der Waals surface area (Å²) in [5, 5.41) is 0. The largest absolute Gasteiger partial charge is 0.0610 e. The fraction of sp³-hybridized carbons (Fsp3) is 0.143. The second kappa shape index (κ2) is 3.67. The van der Waals surface area contributed by atoms with Crippen LogP contribution < -0.4 is 0 Å². The molecule has 0 saturated heterocycles. The normalized spacial score (nSPS) is 10.1. The highest BCUT2D eigenvalue weighted by molar-refractivity contribution is 5.69. The van der Waals surface area contributed by atoms with Gasteiger partial charge in [-0.05, 0) is 48.2 Å². The van der Waals surface area contributed by atoms with Gasteiger partial charge in [0.25, 0.3) is 0 Å². The van der Waals surface area contributed by atoms with Gasteiger partial charge in [0.05, 0.1) is 0 Å². The van der Waals surface area contributed by atoms with Crippen LogP contribution in [0.5, 0.6) is 0 Å². The van der Waals surface area contributed by atoms with Crippen LogP contribution in [0.1, 0.15) is 11.1 Å². The fourth-order valence-electron chi connectivity index (χ4n) is 1.62. The number of rotatable bonds is 1. The maximum Gasteiger partial charge on any atom is -0.0146 e. The molecule has 0 heterocycles. The van der Waals surface area contributed by atoms with Crippen molar-refractivity contribution in [1.29, 1.82) is 0 Å². The van der Waals surface area contributed by atoms with Crippen LogP contribution in [0, 0.1) is 26.0 Å². The minimum Gasteiger partial charge on any atom is -0.0610 e. The first-order valence-corrected chi connectivity index (χ1v) is 4.74. The highest BCUT2D eigenvalue weighted by Gasteiger charge is 2.02. The molecule has 0 atom stereocenters. The zero-order chi connectivity index (χ0) is 9.97. The summed E-state index contributed by atoms with van der Waals surface area (Å²) in [6.07, 6.45) is 0. The van der Waals surface area contributed by atoms with Crippen LogP contribution >= 0.6 is 0 Å². The predicted molar refractivity (Wildman–Crippen MR) is 59.0 cm³/mol.